The molecule has 0 aliphatic rings. The maximum atomic E-state index is 12.5. The zero-order chi connectivity index (χ0) is 25.0. The van der Waals surface area contributed by atoms with Crippen molar-refractivity contribution in [2.75, 3.05) is 32.8 Å². The lowest BCUT2D eigenvalue weighted by molar-refractivity contribution is -0.741. The molecule has 0 aliphatic carbocycles. The second-order valence-electron chi connectivity index (χ2n) is 6.61. The predicted molar refractivity (Wildman–Crippen MR) is 115 cm³/mol. The number of nitrogen functional groups attached to an aromatic ring is 1. The molecule has 2 heterocycles. The number of rotatable bonds is 8. The van der Waals surface area contributed by atoms with E-state index in [0.717, 1.165) is 16.4 Å². The Morgan fingerprint density at radius 1 is 1.18 bits per heavy atom. The van der Waals surface area contributed by atoms with Crippen molar-refractivity contribution in [2.45, 2.75) is 5.03 Å². The summed E-state index contributed by atoms with van der Waals surface area (Å²) in [4.78, 5) is 16.7. The van der Waals surface area contributed by atoms with Gasteiger partial charge < -0.3 is 29.6 Å². The summed E-state index contributed by atoms with van der Waals surface area (Å²) in [6.45, 7) is 0. The van der Waals surface area contributed by atoms with Gasteiger partial charge in [-0.25, -0.2) is 4.98 Å². The van der Waals surface area contributed by atoms with Gasteiger partial charge in [0.25, 0.3) is 5.69 Å². The smallest absolute Gasteiger partial charge is 0.300 e. The zero-order valence-electron chi connectivity index (χ0n) is 18.5. The molecule has 0 aliphatic heterocycles. The molecule has 0 saturated carbocycles. The number of methoxy groups -OCH3 is 3. The van der Waals surface area contributed by atoms with E-state index in [1.165, 1.54) is 28.4 Å². The molecule has 13 heteroatoms. The van der Waals surface area contributed by atoms with Crippen molar-refractivity contribution < 1.29 is 33.3 Å². The number of anilines is 1. The highest BCUT2D eigenvalue weighted by atomic mass is 32.2. The van der Waals surface area contributed by atoms with E-state index in [1.54, 1.807) is 12.1 Å². The first-order valence-electron chi connectivity index (χ1n) is 9.44. The highest BCUT2D eigenvalue weighted by molar-refractivity contribution is 8.00. The topological polar surface area (TPSA) is 184 Å². The predicted octanol–water partition coefficient (Wildman–Crippen LogP) is 0.961. The number of ketones is 1. The number of pyridine rings is 1. The van der Waals surface area contributed by atoms with E-state index < -0.39 is 11.7 Å². The van der Waals surface area contributed by atoms with Crippen LogP contribution in [0.15, 0.2) is 21.7 Å². The number of aromatic nitrogens is 3. The molecule has 0 bridgehead atoms. The number of carbonyl (C=O) groups excluding carboxylic acids is 1. The van der Waals surface area contributed by atoms with Gasteiger partial charge in [-0.1, -0.05) is 16.4 Å². The summed E-state index contributed by atoms with van der Waals surface area (Å²) >= 11 is 0.884. The van der Waals surface area contributed by atoms with E-state index in [0.29, 0.717) is 22.8 Å². The number of nitriles is 2. The lowest BCUT2D eigenvalue weighted by Crippen LogP contribution is -2.37. The van der Waals surface area contributed by atoms with E-state index in [9.17, 15) is 20.4 Å². The first kappa shape index (κ1) is 24.2. The zero-order valence-corrected chi connectivity index (χ0v) is 19.3. The molecular formula is C21H18N6O6S. The quantitative estimate of drug-likeness (QED) is 0.273. The van der Waals surface area contributed by atoms with Crippen LogP contribution in [0.4, 0.5) is 5.82 Å². The number of nitrogens with two attached hydrogens (primary N) is 1. The Morgan fingerprint density at radius 2 is 1.79 bits per heavy atom. The Morgan fingerprint density at radius 3 is 2.26 bits per heavy atom. The molecule has 2 aromatic heterocycles. The Kier molecular flexibility index (Phi) is 7.09. The molecule has 0 spiro atoms. The minimum atomic E-state index is -0.876. The minimum Gasteiger partial charge on any atom is -0.539 e. The van der Waals surface area contributed by atoms with Crippen LogP contribution < -0.4 is 29.7 Å². The van der Waals surface area contributed by atoms with Crippen molar-refractivity contribution in [3.8, 4) is 46.5 Å². The summed E-state index contributed by atoms with van der Waals surface area (Å²) in [5.74, 6) is -0.935. The minimum absolute atomic E-state index is 0.00913. The van der Waals surface area contributed by atoms with Gasteiger partial charge in [-0.15, -0.1) is 0 Å². The van der Waals surface area contributed by atoms with Crippen molar-refractivity contribution >= 4 is 23.4 Å². The largest absolute Gasteiger partial charge is 0.539 e. The van der Waals surface area contributed by atoms with Crippen LogP contribution in [0.25, 0.3) is 11.1 Å². The maximum Gasteiger partial charge on any atom is 0.300 e. The number of aryl methyl sites for hydroxylation is 1. The molecule has 0 radical (unpaired) electrons. The average molecular weight is 482 g/mol. The van der Waals surface area contributed by atoms with Gasteiger partial charge in [0.1, 0.15) is 28.5 Å². The molecular weight excluding hydrogens is 464 g/mol. The van der Waals surface area contributed by atoms with Crippen LogP contribution in [0.1, 0.15) is 21.6 Å². The summed E-state index contributed by atoms with van der Waals surface area (Å²) in [6, 6.07) is 7.15. The van der Waals surface area contributed by atoms with E-state index in [2.05, 4.69) is 14.8 Å². The van der Waals surface area contributed by atoms with Crippen molar-refractivity contribution in [3.63, 3.8) is 0 Å². The Hall–Kier alpha value is -4.49. The molecule has 3 aromatic rings. The fourth-order valence-corrected chi connectivity index (χ4v) is 4.09. The lowest BCUT2D eigenvalue weighted by Gasteiger charge is -2.17. The molecule has 1 aromatic carbocycles. The fraction of sp³-hybridized carbons (Fsp3) is 0.238. The van der Waals surface area contributed by atoms with Crippen molar-refractivity contribution in [1.29, 1.82) is 10.5 Å². The maximum absolute atomic E-state index is 12.5. The third-order valence-electron chi connectivity index (χ3n) is 4.74. The van der Waals surface area contributed by atoms with Crippen molar-refractivity contribution in [3.05, 3.63) is 29.0 Å². The monoisotopic (exact) mass is 482 g/mol. The number of thioether (sulfide) groups is 1. The average Bonchev–Trinajstić information content (AvgIpc) is 3.18. The van der Waals surface area contributed by atoms with E-state index >= 15 is 0 Å². The first-order valence-corrected chi connectivity index (χ1v) is 10.4. The molecule has 0 unspecified atom stereocenters. The van der Waals surface area contributed by atoms with Gasteiger partial charge in [0.05, 0.1) is 37.9 Å². The van der Waals surface area contributed by atoms with E-state index in [-0.39, 0.29) is 39.0 Å². The Bertz CT molecular complexity index is 1310. The molecule has 0 fully saturated rings. The number of carbonyl (C=O) groups is 1. The molecule has 12 nitrogen and oxygen atoms in total. The van der Waals surface area contributed by atoms with Crippen LogP contribution in [0.2, 0.25) is 0 Å². The van der Waals surface area contributed by atoms with Gasteiger partial charge in [0, 0.05) is 5.56 Å². The van der Waals surface area contributed by atoms with Gasteiger partial charge in [-0.2, -0.15) is 10.5 Å². The van der Waals surface area contributed by atoms with Gasteiger partial charge in [0.2, 0.25) is 11.5 Å². The number of ether oxygens (including phenoxy) is 3. The molecule has 34 heavy (non-hydrogen) atoms. The highest BCUT2D eigenvalue weighted by Gasteiger charge is 2.26. The Balaban J connectivity index is 2.15. The van der Waals surface area contributed by atoms with Crippen LogP contribution in [0.3, 0.4) is 0 Å². The van der Waals surface area contributed by atoms with Crippen LogP contribution >= 0.6 is 11.8 Å². The molecule has 0 amide bonds. The van der Waals surface area contributed by atoms with Crippen LogP contribution in [-0.4, -0.2) is 43.1 Å². The molecule has 0 atom stereocenters. The van der Waals surface area contributed by atoms with Crippen LogP contribution in [0, 0.1) is 22.7 Å². The summed E-state index contributed by atoms with van der Waals surface area (Å²) in [7, 11) is 5.70. The third-order valence-corrected chi connectivity index (χ3v) is 5.71. The van der Waals surface area contributed by atoms with E-state index in [4.69, 9.17) is 19.9 Å². The Labute approximate surface area is 198 Å². The SMILES string of the molecule is COc1cc(-c2c(C#N)c(N)nc(SCC(=O)c3c([O-])on[n+]3C)c2C#N)cc(OC)c1OC. The highest BCUT2D eigenvalue weighted by Crippen LogP contribution is 2.44. The number of nitrogens with zero attached hydrogens (tertiary/aromatic N) is 5. The van der Waals surface area contributed by atoms with Gasteiger partial charge >= 0.3 is 0 Å². The molecule has 174 valence electrons. The fourth-order valence-electron chi connectivity index (χ4n) is 3.23. The van der Waals surface area contributed by atoms with Crippen molar-refractivity contribution in [2.24, 2.45) is 7.05 Å². The number of hydrogen-bond acceptors (Lipinski definition) is 12. The number of hydrogen-bond donors (Lipinski definition) is 1. The third kappa shape index (κ3) is 4.24. The standard InChI is InChI=1S/C21H18N6O6S/c1-27-17(21(29)33-26-27)13(28)9-34-20-12(8-23)16(11(7-22)19(24)25-20)10-5-14(30-2)18(32-4)15(6-10)31-3/h5-6H,9H2,1-4H3,(H2-,24,25,26,28,29). The molecule has 0 saturated heterocycles. The summed E-state index contributed by atoms with van der Waals surface area (Å²) in [5, 5.41) is 34.9. The summed E-state index contributed by atoms with van der Waals surface area (Å²) in [6.07, 6.45) is 0. The van der Waals surface area contributed by atoms with Gasteiger partial charge in [-0.3, -0.25) is 4.79 Å². The lowest BCUT2D eigenvalue weighted by atomic mass is 9.96. The molecule has 3 rings (SSSR count). The van der Waals surface area contributed by atoms with Crippen LogP contribution in [-0.2, 0) is 7.05 Å². The van der Waals surface area contributed by atoms with Crippen LogP contribution in [0.5, 0.6) is 23.2 Å². The van der Waals surface area contributed by atoms with E-state index in [1.807, 2.05) is 12.1 Å². The summed E-state index contributed by atoms with van der Waals surface area (Å²) in [5.41, 5.74) is 6.33. The first-order chi connectivity index (χ1) is 16.3. The van der Waals surface area contributed by atoms with Crippen molar-refractivity contribution in [1.82, 2.24) is 10.3 Å². The number of benzene rings is 1. The number of Topliss-reactive ketones (excluding diaryl/α,β-unsaturated/α-hetero) is 1. The molecule has 2 N–H and O–H groups in total. The second-order valence-corrected chi connectivity index (χ2v) is 7.57. The van der Waals surface area contributed by atoms with Gasteiger partial charge in [-0.05, 0) is 17.7 Å². The normalized spacial score (nSPS) is 10.3. The summed E-state index contributed by atoms with van der Waals surface area (Å²) < 4.78 is 21.6. The van der Waals surface area contributed by atoms with Gasteiger partial charge in [0.15, 0.2) is 24.5 Å². The second kappa shape index (κ2) is 9.97.